The number of thioether (sulfide) groups is 1. The predicted molar refractivity (Wildman–Crippen MR) is 85.0 cm³/mol. The highest BCUT2D eigenvalue weighted by Crippen LogP contribution is 2.33. The van der Waals surface area contributed by atoms with Gasteiger partial charge in [-0.3, -0.25) is 4.79 Å². The van der Waals surface area contributed by atoms with Gasteiger partial charge in [0.1, 0.15) is 0 Å². The number of carbonyl (C=O) groups excluding carboxylic acids is 1. The summed E-state index contributed by atoms with van der Waals surface area (Å²) in [4.78, 5) is 12.5. The molecule has 5 atom stereocenters. The number of carbonyl (C=O) groups is 1. The van der Waals surface area contributed by atoms with Crippen molar-refractivity contribution in [3.05, 3.63) is 0 Å². The van der Waals surface area contributed by atoms with Crippen molar-refractivity contribution < 1.29 is 4.79 Å². The molecule has 4 heteroatoms. The van der Waals surface area contributed by atoms with Crippen molar-refractivity contribution in [1.29, 1.82) is 0 Å². The zero-order chi connectivity index (χ0) is 13.9. The molecular weight excluding hydrogens is 268 g/mol. The average molecular weight is 296 g/mol. The highest BCUT2D eigenvalue weighted by Gasteiger charge is 2.36. The molecular formula is C16H28N2OS. The molecule has 3 fully saturated rings. The van der Waals surface area contributed by atoms with Crippen molar-refractivity contribution in [3.63, 3.8) is 0 Å². The van der Waals surface area contributed by atoms with Crippen LogP contribution in [0, 0.1) is 5.92 Å². The van der Waals surface area contributed by atoms with Gasteiger partial charge in [-0.25, -0.2) is 0 Å². The maximum Gasteiger partial charge on any atom is 0.237 e. The molecule has 2 saturated carbocycles. The standard InChI is InChI=1S/C16H28N2OS/c1-20-15-8-4-7-13(15)18-16(19)14-10-9-11-5-2-3-6-12(11)17-14/h11-15,17H,2-10H2,1H3,(H,18,19). The van der Waals surface area contributed by atoms with Crippen molar-refractivity contribution in [2.24, 2.45) is 5.92 Å². The van der Waals surface area contributed by atoms with E-state index in [1.807, 2.05) is 11.8 Å². The zero-order valence-corrected chi connectivity index (χ0v) is 13.4. The van der Waals surface area contributed by atoms with Crippen LogP contribution in [0.4, 0.5) is 0 Å². The van der Waals surface area contributed by atoms with Crippen LogP contribution < -0.4 is 10.6 Å². The third-order valence-electron chi connectivity index (χ3n) is 5.55. The Morgan fingerprint density at radius 2 is 1.90 bits per heavy atom. The quantitative estimate of drug-likeness (QED) is 0.841. The predicted octanol–water partition coefficient (Wildman–Crippen LogP) is 2.70. The van der Waals surface area contributed by atoms with Gasteiger partial charge >= 0.3 is 0 Å². The molecule has 1 heterocycles. The third kappa shape index (κ3) is 3.16. The molecule has 114 valence electrons. The van der Waals surface area contributed by atoms with E-state index < -0.39 is 0 Å². The molecule has 2 aliphatic carbocycles. The molecule has 0 bridgehead atoms. The average Bonchev–Trinajstić information content (AvgIpc) is 2.94. The molecule has 5 unspecified atom stereocenters. The lowest BCUT2D eigenvalue weighted by Crippen LogP contribution is -2.56. The summed E-state index contributed by atoms with van der Waals surface area (Å²) in [5.41, 5.74) is 0. The minimum absolute atomic E-state index is 0.0671. The summed E-state index contributed by atoms with van der Waals surface area (Å²) in [7, 11) is 0. The van der Waals surface area contributed by atoms with Gasteiger partial charge in [-0.2, -0.15) is 11.8 Å². The number of fused-ring (bicyclic) bond motifs is 1. The first-order valence-corrected chi connectivity index (χ1v) is 9.66. The second-order valence-corrected chi connectivity index (χ2v) is 7.84. The summed E-state index contributed by atoms with van der Waals surface area (Å²) in [6.07, 6.45) is 13.5. The lowest BCUT2D eigenvalue weighted by Gasteiger charge is -2.40. The number of piperidine rings is 1. The molecule has 3 aliphatic rings. The molecule has 1 aliphatic heterocycles. The summed E-state index contributed by atoms with van der Waals surface area (Å²) >= 11 is 1.91. The Labute approximate surface area is 127 Å². The van der Waals surface area contributed by atoms with Crippen LogP contribution in [0.5, 0.6) is 0 Å². The fourth-order valence-corrected chi connectivity index (χ4v) is 5.29. The Hall–Kier alpha value is -0.220. The Bertz CT molecular complexity index is 349. The van der Waals surface area contributed by atoms with Crippen molar-refractivity contribution in [2.45, 2.75) is 81.2 Å². The SMILES string of the molecule is CSC1CCCC1NC(=O)C1CCC2CCCCC2N1. The maximum atomic E-state index is 12.5. The van der Waals surface area contributed by atoms with Crippen molar-refractivity contribution >= 4 is 17.7 Å². The van der Waals surface area contributed by atoms with Gasteiger partial charge in [0.05, 0.1) is 6.04 Å². The third-order valence-corrected chi connectivity index (χ3v) is 6.72. The Morgan fingerprint density at radius 3 is 2.75 bits per heavy atom. The van der Waals surface area contributed by atoms with Crippen LogP contribution in [-0.4, -0.2) is 35.5 Å². The Balaban J connectivity index is 1.52. The van der Waals surface area contributed by atoms with E-state index in [4.69, 9.17) is 0 Å². The summed E-state index contributed by atoms with van der Waals surface area (Å²) in [5.74, 6) is 1.10. The zero-order valence-electron chi connectivity index (χ0n) is 12.6. The molecule has 1 amide bonds. The molecule has 3 nitrogen and oxygen atoms in total. The van der Waals surface area contributed by atoms with E-state index >= 15 is 0 Å². The van der Waals surface area contributed by atoms with Gasteiger partial charge in [-0.15, -0.1) is 0 Å². The molecule has 0 spiro atoms. The topological polar surface area (TPSA) is 41.1 Å². The second-order valence-electron chi connectivity index (χ2n) is 6.77. The minimum atomic E-state index is 0.0671. The molecule has 20 heavy (non-hydrogen) atoms. The van der Waals surface area contributed by atoms with E-state index in [-0.39, 0.29) is 11.9 Å². The van der Waals surface area contributed by atoms with Crippen LogP contribution >= 0.6 is 11.8 Å². The number of rotatable bonds is 3. The summed E-state index contributed by atoms with van der Waals surface area (Å²) in [5, 5.41) is 7.60. The number of hydrogen-bond donors (Lipinski definition) is 2. The van der Waals surface area contributed by atoms with E-state index in [0.29, 0.717) is 17.3 Å². The monoisotopic (exact) mass is 296 g/mol. The fraction of sp³-hybridized carbons (Fsp3) is 0.938. The second kappa shape index (κ2) is 6.69. The number of hydrogen-bond acceptors (Lipinski definition) is 3. The van der Waals surface area contributed by atoms with Gasteiger partial charge in [0.15, 0.2) is 0 Å². The van der Waals surface area contributed by atoms with E-state index in [1.54, 1.807) is 0 Å². The molecule has 0 aromatic carbocycles. The Kier molecular flexibility index (Phi) is 4.92. The van der Waals surface area contributed by atoms with E-state index in [1.165, 1.54) is 44.9 Å². The molecule has 0 radical (unpaired) electrons. The molecule has 2 N–H and O–H groups in total. The summed E-state index contributed by atoms with van der Waals surface area (Å²) < 4.78 is 0. The lowest BCUT2D eigenvalue weighted by atomic mass is 9.77. The summed E-state index contributed by atoms with van der Waals surface area (Å²) in [6.45, 7) is 0. The minimum Gasteiger partial charge on any atom is -0.351 e. The first-order valence-electron chi connectivity index (χ1n) is 8.37. The molecule has 0 aromatic heterocycles. The highest BCUT2D eigenvalue weighted by molar-refractivity contribution is 7.99. The van der Waals surface area contributed by atoms with E-state index in [2.05, 4.69) is 16.9 Å². The van der Waals surface area contributed by atoms with Gasteiger partial charge in [-0.1, -0.05) is 19.3 Å². The van der Waals surface area contributed by atoms with Crippen LogP contribution in [-0.2, 0) is 4.79 Å². The highest BCUT2D eigenvalue weighted by atomic mass is 32.2. The van der Waals surface area contributed by atoms with Crippen LogP contribution in [0.3, 0.4) is 0 Å². The molecule has 3 rings (SSSR count). The van der Waals surface area contributed by atoms with Crippen LogP contribution in [0.15, 0.2) is 0 Å². The van der Waals surface area contributed by atoms with Crippen molar-refractivity contribution in [1.82, 2.24) is 10.6 Å². The first kappa shape index (κ1) is 14.7. The van der Waals surface area contributed by atoms with Gasteiger partial charge < -0.3 is 10.6 Å². The maximum absolute atomic E-state index is 12.5. The van der Waals surface area contributed by atoms with Crippen molar-refractivity contribution in [2.75, 3.05) is 6.26 Å². The largest absolute Gasteiger partial charge is 0.351 e. The summed E-state index contributed by atoms with van der Waals surface area (Å²) in [6, 6.07) is 1.08. The van der Waals surface area contributed by atoms with E-state index in [0.717, 1.165) is 18.8 Å². The number of amides is 1. The Morgan fingerprint density at radius 1 is 1.05 bits per heavy atom. The number of nitrogens with one attached hydrogen (secondary N) is 2. The van der Waals surface area contributed by atoms with Gasteiger partial charge in [0.2, 0.25) is 5.91 Å². The van der Waals surface area contributed by atoms with Gasteiger partial charge in [-0.05, 0) is 50.7 Å². The first-order chi connectivity index (χ1) is 9.78. The normalized spacial score (nSPS) is 41.1. The van der Waals surface area contributed by atoms with Crippen molar-refractivity contribution in [3.8, 4) is 0 Å². The van der Waals surface area contributed by atoms with Crippen LogP contribution in [0.2, 0.25) is 0 Å². The van der Waals surface area contributed by atoms with Crippen LogP contribution in [0.1, 0.15) is 57.8 Å². The van der Waals surface area contributed by atoms with E-state index in [9.17, 15) is 4.79 Å². The molecule has 1 saturated heterocycles. The van der Waals surface area contributed by atoms with Gasteiger partial charge in [0.25, 0.3) is 0 Å². The smallest absolute Gasteiger partial charge is 0.237 e. The van der Waals surface area contributed by atoms with Gasteiger partial charge in [0, 0.05) is 17.3 Å². The molecule has 0 aromatic rings. The fourth-order valence-electron chi connectivity index (χ4n) is 4.36. The van der Waals surface area contributed by atoms with Crippen LogP contribution in [0.25, 0.3) is 0 Å². The lowest BCUT2D eigenvalue weighted by molar-refractivity contribution is -0.125.